The Morgan fingerprint density at radius 3 is 2.45 bits per heavy atom. The lowest BCUT2D eigenvalue weighted by molar-refractivity contribution is 0.122. The third-order valence-corrected chi connectivity index (χ3v) is 6.68. The fourth-order valence-corrected chi connectivity index (χ4v) is 4.80. The molecule has 174 valence electrons. The second kappa shape index (κ2) is 8.98. The standard InChI is InChI=1S/C26H33N5O2/c1-17(2)28-26(32)29-19-8-6-18(7-9-19)25-24(27)22-11-10-21(30-12-14-33-15-13-30)16-23(22)31(25)20-4-3-5-20/h6-11,16-17,20H,3-5,12-15,27H2,1-2H3,(H2,28,29,32). The van der Waals surface area contributed by atoms with Gasteiger partial charge in [-0.1, -0.05) is 12.1 Å². The Morgan fingerprint density at radius 2 is 1.82 bits per heavy atom. The van der Waals surface area contributed by atoms with Crippen LogP contribution in [0.15, 0.2) is 42.5 Å². The van der Waals surface area contributed by atoms with Gasteiger partial charge in [-0.25, -0.2) is 4.79 Å². The van der Waals surface area contributed by atoms with Crippen LogP contribution in [0.1, 0.15) is 39.2 Å². The van der Waals surface area contributed by atoms with E-state index < -0.39 is 0 Å². The molecule has 33 heavy (non-hydrogen) atoms. The second-order valence-electron chi connectivity index (χ2n) is 9.35. The number of anilines is 3. The summed E-state index contributed by atoms with van der Waals surface area (Å²) in [5.41, 5.74) is 12.9. The first-order valence-electron chi connectivity index (χ1n) is 12.0. The summed E-state index contributed by atoms with van der Waals surface area (Å²) < 4.78 is 7.98. The maximum absolute atomic E-state index is 12.0. The smallest absolute Gasteiger partial charge is 0.319 e. The van der Waals surface area contributed by atoms with Gasteiger partial charge in [0.25, 0.3) is 0 Å². The van der Waals surface area contributed by atoms with E-state index in [9.17, 15) is 4.79 Å². The number of carbonyl (C=O) groups excluding carboxylic acids is 1. The van der Waals surface area contributed by atoms with E-state index in [-0.39, 0.29) is 12.1 Å². The van der Waals surface area contributed by atoms with Gasteiger partial charge in [0.05, 0.1) is 30.1 Å². The number of hydrogen-bond donors (Lipinski definition) is 3. The van der Waals surface area contributed by atoms with E-state index in [0.29, 0.717) is 6.04 Å². The van der Waals surface area contributed by atoms with E-state index in [1.165, 1.54) is 30.5 Å². The number of benzene rings is 2. The van der Waals surface area contributed by atoms with Gasteiger partial charge in [0.15, 0.2) is 0 Å². The number of urea groups is 1. The highest BCUT2D eigenvalue weighted by Crippen LogP contribution is 2.45. The molecule has 5 rings (SSSR count). The van der Waals surface area contributed by atoms with Gasteiger partial charge >= 0.3 is 6.03 Å². The van der Waals surface area contributed by atoms with Crippen LogP contribution in [0.2, 0.25) is 0 Å². The molecule has 7 heteroatoms. The zero-order valence-corrected chi connectivity index (χ0v) is 19.4. The molecule has 2 aromatic carbocycles. The van der Waals surface area contributed by atoms with E-state index in [1.54, 1.807) is 0 Å². The van der Waals surface area contributed by atoms with Gasteiger partial charge < -0.3 is 30.6 Å². The van der Waals surface area contributed by atoms with Gasteiger partial charge in [-0.3, -0.25) is 0 Å². The number of nitrogen functional groups attached to an aromatic ring is 1. The van der Waals surface area contributed by atoms with E-state index in [4.69, 9.17) is 10.5 Å². The minimum absolute atomic E-state index is 0.0876. The van der Waals surface area contributed by atoms with Crippen LogP contribution in [0.5, 0.6) is 0 Å². The van der Waals surface area contributed by atoms with Gasteiger partial charge in [-0.15, -0.1) is 0 Å². The van der Waals surface area contributed by atoms with Gasteiger partial charge in [0.1, 0.15) is 0 Å². The molecule has 2 heterocycles. The first-order valence-corrected chi connectivity index (χ1v) is 12.0. The largest absolute Gasteiger partial charge is 0.396 e. The molecule has 0 spiro atoms. The summed E-state index contributed by atoms with van der Waals surface area (Å²) in [5.74, 6) is 0. The first kappa shape index (κ1) is 21.6. The molecule has 0 unspecified atom stereocenters. The molecule has 1 saturated heterocycles. The van der Waals surface area contributed by atoms with Gasteiger partial charge in [0, 0.05) is 47.5 Å². The third-order valence-electron chi connectivity index (χ3n) is 6.68. The molecule has 3 aromatic rings. The van der Waals surface area contributed by atoms with Crippen molar-refractivity contribution in [3.63, 3.8) is 0 Å². The molecule has 2 amide bonds. The highest BCUT2D eigenvalue weighted by atomic mass is 16.5. The summed E-state index contributed by atoms with van der Waals surface area (Å²) in [6, 6.07) is 15.0. The third kappa shape index (κ3) is 4.25. The lowest BCUT2D eigenvalue weighted by Gasteiger charge is -2.31. The summed E-state index contributed by atoms with van der Waals surface area (Å²) in [4.78, 5) is 14.4. The number of ether oxygens (including phenoxy) is 1. The molecule has 0 bridgehead atoms. The summed E-state index contributed by atoms with van der Waals surface area (Å²) in [7, 11) is 0. The van der Waals surface area contributed by atoms with Crippen LogP contribution < -0.4 is 21.3 Å². The summed E-state index contributed by atoms with van der Waals surface area (Å²) in [5, 5.41) is 6.85. The molecule has 1 saturated carbocycles. The van der Waals surface area contributed by atoms with Crippen LogP contribution in [0, 0.1) is 0 Å². The Bertz CT molecular complexity index is 1140. The van der Waals surface area contributed by atoms with E-state index in [0.717, 1.165) is 54.3 Å². The van der Waals surface area contributed by atoms with Crippen molar-refractivity contribution in [2.75, 3.05) is 42.3 Å². The number of nitrogens with one attached hydrogen (secondary N) is 2. The Labute approximate surface area is 194 Å². The Kier molecular flexibility index (Phi) is 5.89. The van der Waals surface area contributed by atoms with E-state index >= 15 is 0 Å². The molecule has 1 aliphatic carbocycles. The predicted octanol–water partition coefficient (Wildman–Crippen LogP) is 4.98. The van der Waals surface area contributed by atoms with Crippen molar-refractivity contribution in [2.45, 2.75) is 45.2 Å². The quantitative estimate of drug-likeness (QED) is 0.515. The zero-order chi connectivity index (χ0) is 22.9. The van der Waals surface area contributed by atoms with Crippen molar-refractivity contribution in [2.24, 2.45) is 0 Å². The number of fused-ring (bicyclic) bond motifs is 1. The predicted molar refractivity (Wildman–Crippen MR) is 135 cm³/mol. The Morgan fingerprint density at radius 1 is 1.09 bits per heavy atom. The lowest BCUT2D eigenvalue weighted by atomic mass is 9.92. The molecule has 0 atom stereocenters. The van der Waals surface area contributed by atoms with Crippen molar-refractivity contribution in [1.29, 1.82) is 0 Å². The number of morpholine rings is 1. The van der Waals surface area contributed by atoms with Gasteiger partial charge in [-0.05, 0) is 63.4 Å². The van der Waals surface area contributed by atoms with Crippen molar-refractivity contribution in [3.05, 3.63) is 42.5 Å². The number of aromatic nitrogens is 1. The number of rotatable bonds is 5. The SMILES string of the molecule is CC(C)NC(=O)Nc1ccc(-c2c(N)c3ccc(N4CCOCC4)cc3n2C2CCC2)cc1. The van der Waals surface area contributed by atoms with Crippen molar-refractivity contribution < 1.29 is 9.53 Å². The van der Waals surface area contributed by atoms with E-state index in [2.05, 4.69) is 38.3 Å². The van der Waals surface area contributed by atoms with Crippen LogP contribution in [-0.2, 0) is 4.74 Å². The first-order chi connectivity index (χ1) is 16.0. The zero-order valence-electron chi connectivity index (χ0n) is 19.4. The number of amides is 2. The second-order valence-corrected chi connectivity index (χ2v) is 9.35. The summed E-state index contributed by atoms with van der Waals surface area (Å²) >= 11 is 0. The molecule has 1 aliphatic heterocycles. The Hall–Kier alpha value is -3.19. The van der Waals surface area contributed by atoms with Crippen LogP contribution >= 0.6 is 0 Å². The molecule has 2 aliphatic rings. The van der Waals surface area contributed by atoms with Crippen LogP contribution in [0.25, 0.3) is 22.2 Å². The molecule has 2 fully saturated rings. The van der Waals surface area contributed by atoms with Crippen molar-refractivity contribution in [1.82, 2.24) is 9.88 Å². The number of nitrogens with two attached hydrogens (primary N) is 1. The highest BCUT2D eigenvalue weighted by molar-refractivity contribution is 6.02. The topological polar surface area (TPSA) is 84.6 Å². The van der Waals surface area contributed by atoms with E-state index in [1.807, 2.05) is 38.1 Å². The lowest BCUT2D eigenvalue weighted by Crippen LogP contribution is -2.36. The van der Waals surface area contributed by atoms with Crippen molar-refractivity contribution >= 4 is 34.0 Å². The maximum Gasteiger partial charge on any atom is 0.319 e. The van der Waals surface area contributed by atoms with Crippen LogP contribution in [0.3, 0.4) is 0 Å². The fourth-order valence-electron chi connectivity index (χ4n) is 4.80. The van der Waals surface area contributed by atoms with Crippen LogP contribution in [-0.4, -0.2) is 42.9 Å². The molecule has 4 N–H and O–H groups in total. The molecular weight excluding hydrogens is 414 g/mol. The summed E-state index contributed by atoms with van der Waals surface area (Å²) in [6.07, 6.45) is 3.60. The average Bonchev–Trinajstić information content (AvgIpc) is 3.05. The number of hydrogen-bond acceptors (Lipinski definition) is 4. The number of carbonyl (C=O) groups is 1. The minimum Gasteiger partial charge on any atom is -0.396 e. The van der Waals surface area contributed by atoms with Crippen LogP contribution in [0.4, 0.5) is 21.9 Å². The molecule has 1 aromatic heterocycles. The van der Waals surface area contributed by atoms with Gasteiger partial charge in [0.2, 0.25) is 0 Å². The summed E-state index contributed by atoms with van der Waals surface area (Å²) in [6.45, 7) is 7.24. The average molecular weight is 448 g/mol. The molecule has 0 radical (unpaired) electrons. The monoisotopic (exact) mass is 447 g/mol. The Balaban J connectivity index is 1.52. The highest BCUT2D eigenvalue weighted by Gasteiger charge is 2.27. The molecular formula is C26H33N5O2. The molecule has 7 nitrogen and oxygen atoms in total. The normalized spacial score (nSPS) is 16.8. The minimum atomic E-state index is -0.198. The van der Waals surface area contributed by atoms with Crippen molar-refractivity contribution in [3.8, 4) is 11.3 Å². The fraction of sp³-hybridized carbons (Fsp3) is 0.423. The van der Waals surface area contributed by atoms with Gasteiger partial charge in [-0.2, -0.15) is 0 Å². The number of nitrogens with zero attached hydrogens (tertiary/aromatic N) is 2. The maximum atomic E-state index is 12.0.